The Bertz CT molecular complexity index is 665. The fourth-order valence-electron chi connectivity index (χ4n) is 2.74. The largest absolute Gasteiger partial charge is 0.350 e. The van der Waals surface area contributed by atoms with Gasteiger partial charge in [-0.05, 0) is 31.2 Å². The number of nitrogens with one attached hydrogen (secondary N) is 3. The summed E-state index contributed by atoms with van der Waals surface area (Å²) >= 11 is 1.34. The Hall–Kier alpha value is -1.83. The summed E-state index contributed by atoms with van der Waals surface area (Å²) < 4.78 is 0. The zero-order valence-electron chi connectivity index (χ0n) is 13.3. The third kappa shape index (κ3) is 4.13. The molecule has 0 saturated carbocycles. The average Bonchev–Trinajstić information content (AvgIpc) is 3.11. The topological polar surface area (TPSA) is 99.3 Å². The Morgan fingerprint density at radius 3 is 2.91 bits per heavy atom. The lowest BCUT2D eigenvalue weighted by molar-refractivity contribution is -0.118. The minimum Gasteiger partial charge on any atom is -0.350 e. The van der Waals surface area contributed by atoms with Crippen LogP contribution in [-0.4, -0.2) is 37.0 Å². The molecule has 2 heterocycles. The molecule has 3 N–H and O–H groups in total. The van der Waals surface area contributed by atoms with Crippen LogP contribution in [0.4, 0.5) is 0 Å². The Kier molecular flexibility index (Phi) is 5.32. The van der Waals surface area contributed by atoms with Gasteiger partial charge in [0.1, 0.15) is 5.82 Å². The molecular formula is C15H22N6OS. The quantitative estimate of drug-likeness (QED) is 0.552. The molecule has 0 unspecified atom stereocenters. The second kappa shape index (κ2) is 7.63. The highest BCUT2D eigenvalue weighted by Gasteiger charge is 2.16. The third-order valence-corrected chi connectivity index (χ3v) is 4.87. The number of carbonyl (C=O) groups excluding carboxylic acids is 1. The number of hydrogen-bond acceptors (Lipinski definition) is 5. The summed E-state index contributed by atoms with van der Waals surface area (Å²) in [6.45, 7) is 2.49. The number of rotatable bonds is 6. The molecule has 7 nitrogen and oxygen atoms in total. The summed E-state index contributed by atoms with van der Waals surface area (Å²) in [5.74, 6) is 1.13. The van der Waals surface area contributed by atoms with Crippen LogP contribution in [0, 0.1) is 0 Å². The van der Waals surface area contributed by atoms with Gasteiger partial charge >= 0.3 is 0 Å². The number of aryl methyl sites for hydroxylation is 2. The molecule has 0 bridgehead atoms. The predicted octanol–water partition coefficient (Wildman–Crippen LogP) is 1.77. The van der Waals surface area contributed by atoms with Crippen molar-refractivity contribution in [2.24, 2.45) is 0 Å². The molecule has 1 aliphatic rings. The van der Waals surface area contributed by atoms with Crippen LogP contribution in [-0.2, 0) is 30.6 Å². The summed E-state index contributed by atoms with van der Waals surface area (Å²) in [6.07, 6.45) is 6.62. The smallest absolute Gasteiger partial charge is 0.230 e. The number of H-pyrrole nitrogens is 2. The number of nitrogens with zero attached hydrogens (tertiary/aromatic N) is 3. The fraction of sp³-hybridized carbons (Fsp3) is 0.600. The van der Waals surface area contributed by atoms with Gasteiger partial charge in [-0.3, -0.25) is 15.0 Å². The summed E-state index contributed by atoms with van der Waals surface area (Å²) in [5, 5.41) is 18.0. The maximum atomic E-state index is 12.0. The van der Waals surface area contributed by atoms with Crippen molar-refractivity contribution in [1.29, 1.82) is 0 Å². The molecule has 23 heavy (non-hydrogen) atoms. The highest BCUT2D eigenvalue weighted by atomic mass is 32.2. The Morgan fingerprint density at radius 2 is 2.09 bits per heavy atom. The molecule has 124 valence electrons. The van der Waals surface area contributed by atoms with Crippen molar-refractivity contribution < 1.29 is 4.79 Å². The van der Waals surface area contributed by atoms with Crippen LogP contribution in [0.2, 0.25) is 0 Å². The van der Waals surface area contributed by atoms with Gasteiger partial charge in [0.05, 0.1) is 18.0 Å². The van der Waals surface area contributed by atoms with Gasteiger partial charge in [-0.1, -0.05) is 25.1 Å². The first kappa shape index (κ1) is 16.0. The van der Waals surface area contributed by atoms with Crippen LogP contribution in [0.15, 0.2) is 5.16 Å². The van der Waals surface area contributed by atoms with Crippen molar-refractivity contribution in [3.05, 3.63) is 22.8 Å². The average molecular weight is 334 g/mol. The van der Waals surface area contributed by atoms with Gasteiger partial charge in [-0.25, -0.2) is 4.98 Å². The standard InChI is InChI=1S/C15H22N6OS/c1-2-13-17-15(21-20-13)23-9-14(22)16-8-12-10-6-4-3-5-7-11(10)18-19-12/h2-9H2,1H3,(H,16,22)(H,18,19)(H,17,20,21). The van der Waals surface area contributed by atoms with E-state index < -0.39 is 0 Å². The molecule has 8 heteroatoms. The number of aromatic amines is 2. The van der Waals surface area contributed by atoms with Crippen LogP contribution in [0.5, 0.6) is 0 Å². The van der Waals surface area contributed by atoms with Crippen molar-refractivity contribution in [3.8, 4) is 0 Å². The third-order valence-electron chi connectivity index (χ3n) is 4.02. The molecular weight excluding hydrogens is 312 g/mol. The van der Waals surface area contributed by atoms with E-state index in [0.29, 0.717) is 17.5 Å². The number of fused-ring (bicyclic) bond motifs is 1. The van der Waals surface area contributed by atoms with Crippen molar-refractivity contribution >= 4 is 17.7 Å². The summed E-state index contributed by atoms with van der Waals surface area (Å²) in [4.78, 5) is 16.3. The molecule has 3 rings (SSSR count). The molecule has 0 saturated heterocycles. The molecule has 0 radical (unpaired) electrons. The Labute approximate surface area is 139 Å². The van der Waals surface area contributed by atoms with Gasteiger partial charge in [-0.15, -0.1) is 5.10 Å². The molecule has 0 aromatic carbocycles. The number of thioether (sulfide) groups is 1. The number of aromatic nitrogens is 5. The second-order valence-corrected chi connectivity index (χ2v) is 6.61. The zero-order valence-corrected chi connectivity index (χ0v) is 14.1. The van der Waals surface area contributed by atoms with Crippen molar-refractivity contribution in [2.75, 3.05) is 5.75 Å². The first-order chi connectivity index (χ1) is 11.3. The van der Waals surface area contributed by atoms with Gasteiger partial charge in [0.15, 0.2) is 0 Å². The van der Waals surface area contributed by atoms with E-state index in [0.717, 1.165) is 30.8 Å². The lowest BCUT2D eigenvalue weighted by Gasteiger charge is -2.04. The molecule has 0 spiro atoms. The first-order valence-electron chi connectivity index (χ1n) is 8.12. The van der Waals surface area contributed by atoms with E-state index >= 15 is 0 Å². The van der Waals surface area contributed by atoms with Crippen LogP contribution in [0.3, 0.4) is 0 Å². The van der Waals surface area contributed by atoms with Gasteiger partial charge in [0.25, 0.3) is 0 Å². The zero-order chi connectivity index (χ0) is 16.1. The molecule has 0 fully saturated rings. The lowest BCUT2D eigenvalue weighted by Crippen LogP contribution is -2.25. The van der Waals surface area contributed by atoms with E-state index in [1.54, 1.807) is 0 Å². The van der Waals surface area contributed by atoms with Crippen LogP contribution in [0.1, 0.15) is 49.0 Å². The lowest BCUT2D eigenvalue weighted by atomic mass is 10.1. The van der Waals surface area contributed by atoms with E-state index in [1.165, 1.54) is 42.3 Å². The predicted molar refractivity (Wildman–Crippen MR) is 88.2 cm³/mol. The highest BCUT2D eigenvalue weighted by Crippen LogP contribution is 2.21. The molecule has 0 atom stereocenters. The number of carbonyl (C=O) groups is 1. The van der Waals surface area contributed by atoms with Gasteiger partial charge in [0.2, 0.25) is 11.1 Å². The Morgan fingerprint density at radius 1 is 1.22 bits per heavy atom. The van der Waals surface area contributed by atoms with Crippen LogP contribution in [0.25, 0.3) is 0 Å². The van der Waals surface area contributed by atoms with E-state index in [1.807, 2.05) is 6.92 Å². The maximum Gasteiger partial charge on any atom is 0.230 e. The minimum atomic E-state index is -0.0248. The first-order valence-corrected chi connectivity index (χ1v) is 9.10. The molecule has 1 aliphatic carbocycles. The van der Waals surface area contributed by atoms with E-state index in [9.17, 15) is 4.79 Å². The van der Waals surface area contributed by atoms with E-state index in [4.69, 9.17) is 0 Å². The molecule has 0 aliphatic heterocycles. The van der Waals surface area contributed by atoms with Gasteiger partial charge < -0.3 is 5.32 Å². The fourth-order valence-corrected chi connectivity index (χ4v) is 3.38. The monoisotopic (exact) mass is 334 g/mol. The summed E-state index contributed by atoms with van der Waals surface area (Å²) in [5.41, 5.74) is 3.53. The number of amides is 1. The summed E-state index contributed by atoms with van der Waals surface area (Å²) in [7, 11) is 0. The van der Waals surface area contributed by atoms with Gasteiger partial charge in [0, 0.05) is 12.1 Å². The second-order valence-electron chi connectivity index (χ2n) is 5.67. The van der Waals surface area contributed by atoms with Crippen molar-refractivity contribution in [1.82, 2.24) is 30.7 Å². The molecule has 2 aromatic heterocycles. The summed E-state index contributed by atoms with van der Waals surface area (Å²) in [6, 6.07) is 0. The highest BCUT2D eigenvalue weighted by molar-refractivity contribution is 7.99. The molecule has 1 amide bonds. The normalized spacial score (nSPS) is 14.3. The minimum absolute atomic E-state index is 0.0248. The van der Waals surface area contributed by atoms with Crippen molar-refractivity contribution in [3.63, 3.8) is 0 Å². The van der Waals surface area contributed by atoms with Crippen LogP contribution >= 0.6 is 11.8 Å². The van der Waals surface area contributed by atoms with E-state index in [2.05, 4.69) is 30.7 Å². The van der Waals surface area contributed by atoms with Crippen molar-refractivity contribution in [2.45, 2.75) is 57.1 Å². The van der Waals surface area contributed by atoms with Gasteiger partial charge in [-0.2, -0.15) is 5.10 Å². The maximum absolute atomic E-state index is 12.0. The van der Waals surface area contributed by atoms with E-state index in [-0.39, 0.29) is 5.91 Å². The Balaban J connectivity index is 1.48. The van der Waals surface area contributed by atoms with Crippen LogP contribution < -0.4 is 5.32 Å². The molecule has 2 aromatic rings. The SMILES string of the molecule is CCc1nc(SCC(=O)NCc2n[nH]c3c2CCCCC3)n[nH]1. The number of hydrogen-bond donors (Lipinski definition) is 3.